The van der Waals surface area contributed by atoms with E-state index in [4.69, 9.17) is 4.98 Å². The highest BCUT2D eigenvalue weighted by Gasteiger charge is 2.31. The first-order chi connectivity index (χ1) is 13.1. The van der Waals surface area contributed by atoms with Crippen LogP contribution in [-0.4, -0.2) is 39.4 Å². The Balaban J connectivity index is 1.59. The van der Waals surface area contributed by atoms with E-state index in [-0.39, 0.29) is 30.3 Å². The molecule has 0 bridgehead atoms. The van der Waals surface area contributed by atoms with Gasteiger partial charge in [0.05, 0.1) is 17.1 Å². The Hall–Kier alpha value is -2.37. The van der Waals surface area contributed by atoms with E-state index in [0.717, 1.165) is 55.6 Å². The van der Waals surface area contributed by atoms with Crippen LogP contribution < -0.4 is 5.32 Å². The standard InChI is InChI=1S/C21H28N4O2/c1-15(22-21(27)16-10-11-16)20-23-17-8-4-5-9-18(17)25(20)14-19(26)24-12-6-2-3-7-13-24/h4-5,8-9,15-16H,2-3,6-7,10-14H2,1H3,(H,22,27). The molecule has 1 aromatic carbocycles. The maximum atomic E-state index is 13.0. The van der Waals surface area contributed by atoms with E-state index < -0.39 is 0 Å². The fourth-order valence-corrected chi connectivity index (χ4v) is 3.89. The van der Waals surface area contributed by atoms with Crippen molar-refractivity contribution in [1.82, 2.24) is 19.8 Å². The first-order valence-electron chi connectivity index (χ1n) is 10.2. The van der Waals surface area contributed by atoms with Crippen LogP contribution in [0.3, 0.4) is 0 Å². The SMILES string of the molecule is CC(NC(=O)C1CC1)c1nc2ccccc2n1CC(=O)N1CCCCCC1. The van der Waals surface area contributed by atoms with E-state index in [2.05, 4.69) is 5.32 Å². The monoisotopic (exact) mass is 368 g/mol. The number of aromatic nitrogens is 2. The predicted molar refractivity (Wildman–Crippen MR) is 104 cm³/mol. The molecule has 0 spiro atoms. The van der Waals surface area contributed by atoms with E-state index in [1.165, 1.54) is 12.8 Å². The van der Waals surface area contributed by atoms with Crippen LogP contribution in [0.25, 0.3) is 11.0 Å². The summed E-state index contributed by atoms with van der Waals surface area (Å²) in [5.74, 6) is 1.15. The minimum Gasteiger partial charge on any atom is -0.346 e. The highest BCUT2D eigenvalue weighted by molar-refractivity contribution is 5.83. The van der Waals surface area contributed by atoms with Crippen molar-refractivity contribution < 1.29 is 9.59 Å². The first-order valence-corrected chi connectivity index (χ1v) is 10.2. The van der Waals surface area contributed by atoms with Gasteiger partial charge in [0, 0.05) is 19.0 Å². The molecule has 1 saturated carbocycles. The van der Waals surface area contributed by atoms with Crippen molar-refractivity contribution in [2.24, 2.45) is 5.92 Å². The molecule has 1 saturated heterocycles. The molecule has 6 nitrogen and oxygen atoms in total. The molecular formula is C21H28N4O2. The molecule has 2 aliphatic rings. The van der Waals surface area contributed by atoms with Gasteiger partial charge in [0.15, 0.2) is 0 Å². The Morgan fingerprint density at radius 2 is 1.85 bits per heavy atom. The van der Waals surface area contributed by atoms with Gasteiger partial charge in [-0.05, 0) is 44.7 Å². The van der Waals surface area contributed by atoms with Crippen molar-refractivity contribution >= 4 is 22.8 Å². The zero-order valence-electron chi connectivity index (χ0n) is 16.0. The van der Waals surface area contributed by atoms with Crippen LogP contribution in [-0.2, 0) is 16.1 Å². The number of carbonyl (C=O) groups excluding carboxylic acids is 2. The lowest BCUT2D eigenvalue weighted by atomic mass is 10.2. The second-order valence-corrected chi connectivity index (χ2v) is 7.84. The summed E-state index contributed by atoms with van der Waals surface area (Å²) in [4.78, 5) is 31.9. The van der Waals surface area contributed by atoms with E-state index >= 15 is 0 Å². The van der Waals surface area contributed by atoms with E-state index in [1.54, 1.807) is 0 Å². The number of para-hydroxylation sites is 2. The van der Waals surface area contributed by atoms with Crippen molar-refractivity contribution in [3.8, 4) is 0 Å². The molecule has 144 valence electrons. The second kappa shape index (κ2) is 7.71. The molecule has 2 heterocycles. The van der Waals surface area contributed by atoms with Crippen molar-refractivity contribution in [3.63, 3.8) is 0 Å². The largest absolute Gasteiger partial charge is 0.346 e. The Morgan fingerprint density at radius 1 is 1.15 bits per heavy atom. The highest BCUT2D eigenvalue weighted by atomic mass is 16.2. The third kappa shape index (κ3) is 3.99. The molecule has 6 heteroatoms. The number of likely N-dealkylation sites (tertiary alicyclic amines) is 1. The minimum absolute atomic E-state index is 0.0972. The number of imidazole rings is 1. The summed E-state index contributed by atoms with van der Waals surface area (Å²) >= 11 is 0. The molecule has 4 rings (SSSR count). The van der Waals surface area contributed by atoms with Gasteiger partial charge in [0.2, 0.25) is 11.8 Å². The predicted octanol–water partition coefficient (Wildman–Crippen LogP) is 3.03. The van der Waals surface area contributed by atoms with E-state index in [9.17, 15) is 9.59 Å². The zero-order chi connectivity index (χ0) is 18.8. The summed E-state index contributed by atoms with van der Waals surface area (Å²) < 4.78 is 1.99. The van der Waals surface area contributed by atoms with E-state index in [1.807, 2.05) is 40.7 Å². The maximum absolute atomic E-state index is 13.0. The Kier molecular flexibility index (Phi) is 5.14. The quantitative estimate of drug-likeness (QED) is 0.882. The molecule has 27 heavy (non-hydrogen) atoms. The number of amides is 2. The van der Waals surface area contributed by atoms with Gasteiger partial charge in [0.1, 0.15) is 12.4 Å². The van der Waals surface area contributed by atoms with Crippen molar-refractivity contribution in [2.75, 3.05) is 13.1 Å². The fourth-order valence-electron chi connectivity index (χ4n) is 3.89. The van der Waals surface area contributed by atoms with Gasteiger partial charge in [-0.1, -0.05) is 25.0 Å². The average Bonchev–Trinajstić information content (AvgIpc) is 3.48. The van der Waals surface area contributed by atoms with Gasteiger partial charge >= 0.3 is 0 Å². The molecule has 1 unspecified atom stereocenters. The summed E-state index contributed by atoms with van der Waals surface area (Å²) in [5, 5.41) is 3.08. The molecule has 1 N–H and O–H groups in total. The van der Waals surface area contributed by atoms with Crippen LogP contribution in [0.1, 0.15) is 57.3 Å². The topological polar surface area (TPSA) is 67.2 Å². The lowest BCUT2D eigenvalue weighted by Crippen LogP contribution is -2.36. The Morgan fingerprint density at radius 3 is 2.56 bits per heavy atom. The molecule has 1 aromatic heterocycles. The molecule has 0 radical (unpaired) electrons. The van der Waals surface area contributed by atoms with Gasteiger partial charge in [-0.3, -0.25) is 9.59 Å². The van der Waals surface area contributed by atoms with Gasteiger partial charge in [-0.15, -0.1) is 0 Å². The minimum atomic E-state index is -0.220. The van der Waals surface area contributed by atoms with Gasteiger partial charge in [-0.25, -0.2) is 4.98 Å². The molecule has 2 amide bonds. The summed E-state index contributed by atoms with van der Waals surface area (Å²) in [6, 6.07) is 7.65. The number of rotatable bonds is 5. The lowest BCUT2D eigenvalue weighted by molar-refractivity contribution is -0.131. The summed E-state index contributed by atoms with van der Waals surface area (Å²) in [6.07, 6.45) is 6.51. The molecular weight excluding hydrogens is 340 g/mol. The summed E-state index contributed by atoms with van der Waals surface area (Å²) in [6.45, 7) is 3.91. The third-order valence-electron chi connectivity index (χ3n) is 5.63. The van der Waals surface area contributed by atoms with Crippen LogP contribution in [0.2, 0.25) is 0 Å². The van der Waals surface area contributed by atoms with Crippen molar-refractivity contribution in [2.45, 2.75) is 58.0 Å². The van der Waals surface area contributed by atoms with E-state index in [0.29, 0.717) is 0 Å². The van der Waals surface area contributed by atoms with Crippen molar-refractivity contribution in [1.29, 1.82) is 0 Å². The maximum Gasteiger partial charge on any atom is 0.242 e. The molecule has 2 aromatic rings. The number of hydrogen-bond acceptors (Lipinski definition) is 3. The van der Waals surface area contributed by atoms with Gasteiger partial charge < -0.3 is 14.8 Å². The normalized spacial score (nSPS) is 18.9. The molecule has 1 aliphatic carbocycles. The number of fused-ring (bicyclic) bond motifs is 1. The van der Waals surface area contributed by atoms with Crippen LogP contribution >= 0.6 is 0 Å². The zero-order valence-corrected chi connectivity index (χ0v) is 16.0. The van der Waals surface area contributed by atoms with Crippen LogP contribution in [0.4, 0.5) is 0 Å². The number of benzene rings is 1. The number of hydrogen-bond donors (Lipinski definition) is 1. The summed E-state index contributed by atoms with van der Waals surface area (Å²) in [5.41, 5.74) is 1.81. The Labute approximate surface area is 159 Å². The second-order valence-electron chi connectivity index (χ2n) is 7.84. The fraction of sp³-hybridized carbons (Fsp3) is 0.571. The first kappa shape index (κ1) is 18.0. The van der Waals surface area contributed by atoms with Crippen LogP contribution in [0, 0.1) is 5.92 Å². The van der Waals surface area contributed by atoms with Crippen molar-refractivity contribution in [3.05, 3.63) is 30.1 Å². The molecule has 2 fully saturated rings. The highest BCUT2D eigenvalue weighted by Crippen LogP contribution is 2.30. The number of carbonyl (C=O) groups is 2. The molecule has 1 atom stereocenters. The van der Waals surface area contributed by atoms with Gasteiger partial charge in [0.25, 0.3) is 0 Å². The number of nitrogens with zero attached hydrogens (tertiary/aromatic N) is 3. The molecule has 1 aliphatic heterocycles. The smallest absolute Gasteiger partial charge is 0.242 e. The summed E-state index contributed by atoms with van der Waals surface area (Å²) in [7, 11) is 0. The average molecular weight is 368 g/mol. The third-order valence-corrected chi connectivity index (χ3v) is 5.63. The number of nitrogens with one attached hydrogen (secondary N) is 1. The van der Waals surface area contributed by atoms with Crippen LogP contribution in [0.5, 0.6) is 0 Å². The van der Waals surface area contributed by atoms with Crippen LogP contribution in [0.15, 0.2) is 24.3 Å². The Bertz CT molecular complexity index is 832. The lowest BCUT2D eigenvalue weighted by Gasteiger charge is -2.22. The van der Waals surface area contributed by atoms with Gasteiger partial charge in [-0.2, -0.15) is 0 Å².